The number of hydrogen-bond acceptors (Lipinski definition) is 3. The number of anilines is 1. The first-order valence-corrected chi connectivity index (χ1v) is 7.86. The van der Waals surface area contributed by atoms with Gasteiger partial charge < -0.3 is 20.7 Å². The third-order valence-corrected chi connectivity index (χ3v) is 3.28. The van der Waals surface area contributed by atoms with Crippen molar-refractivity contribution in [2.24, 2.45) is 10.7 Å². The van der Waals surface area contributed by atoms with Crippen LogP contribution in [-0.4, -0.2) is 31.3 Å². The third-order valence-electron chi connectivity index (χ3n) is 3.28. The van der Waals surface area contributed by atoms with Crippen LogP contribution in [0.3, 0.4) is 0 Å². The molecule has 0 fully saturated rings. The minimum atomic E-state index is -4.71. The zero-order valence-corrected chi connectivity index (χ0v) is 14.5. The molecule has 0 aromatic heterocycles. The van der Waals surface area contributed by atoms with Gasteiger partial charge in [-0.05, 0) is 49.5 Å². The molecule has 2 aromatic carbocycles. The van der Waals surface area contributed by atoms with Crippen LogP contribution >= 0.6 is 0 Å². The molecule has 0 aliphatic rings. The van der Waals surface area contributed by atoms with E-state index in [0.717, 1.165) is 12.1 Å². The molecule has 0 heterocycles. The van der Waals surface area contributed by atoms with Crippen LogP contribution < -0.4 is 15.8 Å². The molecule has 0 bridgehead atoms. The molecule has 0 aliphatic heterocycles. The Balaban J connectivity index is 1.94. The normalized spacial score (nSPS) is 12.3. The molecule has 0 unspecified atom stereocenters. The summed E-state index contributed by atoms with van der Waals surface area (Å²) < 4.78 is 40.2. The quantitative estimate of drug-likeness (QED) is 0.606. The Kier molecular flexibility index (Phi) is 6.46. The Hall–Kier alpha value is -2.74. The fourth-order valence-corrected chi connectivity index (χ4v) is 2.30. The molecule has 0 saturated carbocycles. The van der Waals surface area contributed by atoms with Crippen molar-refractivity contribution in [3.63, 3.8) is 0 Å². The van der Waals surface area contributed by atoms with E-state index < -0.39 is 6.36 Å². The molecule has 140 valence electrons. The monoisotopic (exact) mass is 366 g/mol. The number of guanidine groups is 1. The van der Waals surface area contributed by atoms with Gasteiger partial charge in [-0.2, -0.15) is 0 Å². The van der Waals surface area contributed by atoms with Crippen molar-refractivity contribution in [2.75, 3.05) is 19.4 Å². The van der Waals surface area contributed by atoms with Gasteiger partial charge in [-0.3, -0.25) is 0 Å². The van der Waals surface area contributed by atoms with E-state index in [1.807, 2.05) is 32.3 Å². The lowest BCUT2D eigenvalue weighted by molar-refractivity contribution is -0.274. The first-order chi connectivity index (χ1) is 12.2. The van der Waals surface area contributed by atoms with Gasteiger partial charge in [-0.15, -0.1) is 13.2 Å². The molecule has 0 saturated heterocycles. The predicted molar refractivity (Wildman–Crippen MR) is 95.9 cm³/mol. The molecule has 2 rings (SSSR count). The maximum absolute atomic E-state index is 12.1. The van der Waals surface area contributed by atoms with Crippen LogP contribution in [0.4, 0.5) is 18.9 Å². The van der Waals surface area contributed by atoms with E-state index in [9.17, 15) is 13.2 Å². The molecule has 0 atom stereocenters. The molecular weight excluding hydrogens is 345 g/mol. The summed E-state index contributed by atoms with van der Waals surface area (Å²) >= 11 is 0. The second-order valence-corrected chi connectivity index (χ2v) is 5.96. The van der Waals surface area contributed by atoms with Gasteiger partial charge in [-0.25, -0.2) is 4.99 Å². The average Bonchev–Trinajstić information content (AvgIpc) is 2.53. The zero-order valence-electron chi connectivity index (χ0n) is 14.5. The van der Waals surface area contributed by atoms with Crippen molar-refractivity contribution in [1.82, 2.24) is 4.90 Å². The summed E-state index contributed by atoms with van der Waals surface area (Å²) in [7, 11) is 4.00. The van der Waals surface area contributed by atoms with Crippen LogP contribution in [-0.2, 0) is 13.1 Å². The second kappa shape index (κ2) is 8.57. The minimum Gasteiger partial charge on any atom is -0.406 e. The van der Waals surface area contributed by atoms with Crippen LogP contribution in [0.2, 0.25) is 0 Å². The molecule has 2 aromatic rings. The Morgan fingerprint density at radius 3 is 2.38 bits per heavy atom. The van der Waals surface area contributed by atoms with Crippen molar-refractivity contribution >= 4 is 11.6 Å². The van der Waals surface area contributed by atoms with Gasteiger partial charge in [0.15, 0.2) is 5.96 Å². The van der Waals surface area contributed by atoms with Gasteiger partial charge in [0.05, 0.1) is 6.54 Å². The van der Waals surface area contributed by atoms with Gasteiger partial charge in [0.2, 0.25) is 0 Å². The average molecular weight is 366 g/mol. The van der Waals surface area contributed by atoms with Gasteiger partial charge in [0, 0.05) is 12.2 Å². The maximum atomic E-state index is 12.1. The third kappa shape index (κ3) is 7.02. The lowest BCUT2D eigenvalue weighted by Crippen LogP contribution is -2.22. The van der Waals surface area contributed by atoms with Crippen LogP contribution in [0.25, 0.3) is 0 Å². The number of nitrogens with two attached hydrogens (primary N) is 1. The minimum absolute atomic E-state index is 0.174. The smallest absolute Gasteiger partial charge is 0.406 e. The number of nitrogens with one attached hydrogen (secondary N) is 1. The van der Waals surface area contributed by atoms with Crippen LogP contribution in [0.1, 0.15) is 11.1 Å². The number of hydrogen-bond donors (Lipinski definition) is 2. The van der Waals surface area contributed by atoms with Crippen molar-refractivity contribution < 1.29 is 17.9 Å². The molecule has 3 N–H and O–H groups in total. The molecule has 26 heavy (non-hydrogen) atoms. The van der Waals surface area contributed by atoms with E-state index in [-0.39, 0.29) is 11.7 Å². The van der Waals surface area contributed by atoms with Crippen LogP contribution in [0.5, 0.6) is 5.75 Å². The molecule has 0 radical (unpaired) electrons. The molecule has 5 nitrogen and oxygen atoms in total. The highest BCUT2D eigenvalue weighted by Crippen LogP contribution is 2.23. The van der Waals surface area contributed by atoms with E-state index in [1.54, 1.807) is 0 Å². The number of rotatable bonds is 6. The Labute approximate surface area is 150 Å². The predicted octanol–water partition coefficient (Wildman–Crippen LogP) is 3.57. The standard InChI is InChI=1S/C18H21F3N4O/c1-25(2)12-14-5-3-4-13(10-14)11-23-17(22)24-15-6-8-16(9-7-15)26-18(19,20)21/h3-10H,11-12H2,1-2H3,(H3,22,23,24). The topological polar surface area (TPSA) is 62.9 Å². The first-order valence-electron chi connectivity index (χ1n) is 7.86. The van der Waals surface area contributed by atoms with E-state index >= 15 is 0 Å². The summed E-state index contributed by atoms with van der Waals surface area (Å²) in [5.74, 6) is -0.122. The Morgan fingerprint density at radius 1 is 1.12 bits per heavy atom. The lowest BCUT2D eigenvalue weighted by Gasteiger charge is -2.11. The van der Waals surface area contributed by atoms with Gasteiger partial charge in [0.1, 0.15) is 5.75 Å². The maximum Gasteiger partial charge on any atom is 0.573 e. The first kappa shape index (κ1) is 19.6. The Morgan fingerprint density at radius 2 is 1.77 bits per heavy atom. The fraction of sp³-hybridized carbons (Fsp3) is 0.278. The lowest BCUT2D eigenvalue weighted by atomic mass is 10.1. The SMILES string of the molecule is CN(C)Cc1cccc(CN=C(N)Nc2ccc(OC(F)(F)F)cc2)c1. The molecular formula is C18H21F3N4O. The van der Waals surface area contributed by atoms with Gasteiger partial charge in [0.25, 0.3) is 0 Å². The summed E-state index contributed by atoms with van der Waals surface area (Å²) in [4.78, 5) is 6.32. The van der Waals surface area contributed by atoms with Crippen LogP contribution in [0.15, 0.2) is 53.5 Å². The summed E-state index contributed by atoms with van der Waals surface area (Å²) in [6.07, 6.45) is -4.71. The number of benzene rings is 2. The molecule has 0 aliphatic carbocycles. The number of ether oxygens (including phenoxy) is 1. The second-order valence-electron chi connectivity index (χ2n) is 5.96. The number of alkyl halides is 3. The fourth-order valence-electron chi connectivity index (χ4n) is 2.30. The van der Waals surface area contributed by atoms with Crippen molar-refractivity contribution in [3.05, 3.63) is 59.7 Å². The van der Waals surface area contributed by atoms with E-state index in [0.29, 0.717) is 12.2 Å². The van der Waals surface area contributed by atoms with E-state index in [4.69, 9.17) is 5.73 Å². The summed E-state index contributed by atoms with van der Waals surface area (Å²) in [5, 5.41) is 2.83. The molecule has 0 spiro atoms. The van der Waals surface area contributed by atoms with Gasteiger partial charge in [-0.1, -0.05) is 24.3 Å². The highest BCUT2D eigenvalue weighted by molar-refractivity contribution is 5.92. The van der Waals surface area contributed by atoms with Crippen molar-refractivity contribution in [1.29, 1.82) is 0 Å². The van der Waals surface area contributed by atoms with Gasteiger partial charge >= 0.3 is 6.36 Å². The summed E-state index contributed by atoms with van der Waals surface area (Å²) in [5.41, 5.74) is 8.54. The zero-order chi connectivity index (χ0) is 19.2. The van der Waals surface area contributed by atoms with E-state index in [1.165, 1.54) is 29.8 Å². The number of nitrogens with zero attached hydrogens (tertiary/aromatic N) is 2. The highest BCUT2D eigenvalue weighted by atomic mass is 19.4. The largest absolute Gasteiger partial charge is 0.573 e. The highest BCUT2D eigenvalue weighted by Gasteiger charge is 2.30. The molecule has 0 amide bonds. The number of aliphatic imine (C=N–C) groups is 1. The number of halogens is 3. The van der Waals surface area contributed by atoms with Crippen LogP contribution in [0, 0.1) is 0 Å². The van der Waals surface area contributed by atoms with Crippen molar-refractivity contribution in [3.8, 4) is 5.75 Å². The van der Waals surface area contributed by atoms with E-state index in [2.05, 4.69) is 26.0 Å². The molecule has 8 heteroatoms. The van der Waals surface area contributed by atoms with Crippen molar-refractivity contribution in [2.45, 2.75) is 19.5 Å². The summed E-state index contributed by atoms with van der Waals surface area (Å²) in [6, 6.07) is 13.3. The Bertz CT molecular complexity index is 743. The summed E-state index contributed by atoms with van der Waals surface area (Å²) in [6.45, 7) is 1.23.